The van der Waals surface area contributed by atoms with Crippen molar-refractivity contribution in [1.82, 2.24) is 10.2 Å². The van der Waals surface area contributed by atoms with E-state index in [2.05, 4.69) is 57.5 Å². The van der Waals surface area contributed by atoms with Crippen LogP contribution >= 0.6 is 15.9 Å². The summed E-state index contributed by atoms with van der Waals surface area (Å²) in [5.41, 5.74) is 1.33. The summed E-state index contributed by atoms with van der Waals surface area (Å²) in [4.78, 5) is 2.45. The molecule has 1 saturated carbocycles. The second kappa shape index (κ2) is 5.80. The zero-order chi connectivity index (χ0) is 11.4. The molecule has 1 fully saturated rings. The average Bonchev–Trinajstić information content (AvgIpc) is 3.10. The zero-order valence-electron chi connectivity index (χ0n) is 9.75. The van der Waals surface area contributed by atoms with Crippen molar-refractivity contribution < 1.29 is 0 Å². The van der Waals surface area contributed by atoms with Crippen molar-refractivity contribution in [3.63, 3.8) is 0 Å². The van der Waals surface area contributed by atoms with Gasteiger partial charge >= 0.3 is 0 Å². The van der Waals surface area contributed by atoms with Crippen LogP contribution in [0.2, 0.25) is 0 Å². The Morgan fingerprint density at radius 3 is 2.81 bits per heavy atom. The van der Waals surface area contributed by atoms with E-state index >= 15 is 0 Å². The molecule has 0 bridgehead atoms. The Morgan fingerprint density at radius 2 is 2.12 bits per heavy atom. The van der Waals surface area contributed by atoms with Gasteiger partial charge in [0, 0.05) is 30.1 Å². The molecule has 1 aliphatic rings. The number of rotatable bonds is 6. The monoisotopic (exact) mass is 282 g/mol. The predicted octanol–water partition coefficient (Wildman–Crippen LogP) is 2.63. The van der Waals surface area contributed by atoms with Crippen LogP contribution < -0.4 is 5.32 Å². The third kappa shape index (κ3) is 3.58. The fraction of sp³-hybridized carbons (Fsp3) is 0.538. The van der Waals surface area contributed by atoms with Crippen molar-refractivity contribution in [3.8, 4) is 0 Å². The van der Waals surface area contributed by atoms with Gasteiger partial charge in [-0.25, -0.2) is 0 Å². The maximum Gasteiger partial charge on any atom is 0.0220 e. The van der Waals surface area contributed by atoms with Crippen LogP contribution in [0.3, 0.4) is 0 Å². The van der Waals surface area contributed by atoms with Crippen LogP contribution in [0.25, 0.3) is 0 Å². The van der Waals surface area contributed by atoms with Crippen LogP contribution in [-0.4, -0.2) is 31.1 Å². The lowest BCUT2D eigenvalue weighted by molar-refractivity contribution is 0.321. The first-order chi connectivity index (χ1) is 7.77. The third-order valence-corrected chi connectivity index (χ3v) is 3.86. The summed E-state index contributed by atoms with van der Waals surface area (Å²) in [6, 6.07) is 9.24. The van der Waals surface area contributed by atoms with Gasteiger partial charge in [-0.15, -0.1) is 0 Å². The van der Waals surface area contributed by atoms with Gasteiger partial charge in [0.15, 0.2) is 0 Å². The van der Waals surface area contributed by atoms with Gasteiger partial charge in [0.05, 0.1) is 0 Å². The lowest BCUT2D eigenvalue weighted by atomic mass is 10.2. The minimum atomic E-state index is 0.866. The van der Waals surface area contributed by atoms with E-state index in [0.717, 1.165) is 25.7 Å². The van der Waals surface area contributed by atoms with Crippen LogP contribution in [0.4, 0.5) is 0 Å². The van der Waals surface area contributed by atoms with Gasteiger partial charge in [0.1, 0.15) is 0 Å². The van der Waals surface area contributed by atoms with Crippen molar-refractivity contribution in [2.24, 2.45) is 0 Å². The highest BCUT2D eigenvalue weighted by atomic mass is 79.9. The lowest BCUT2D eigenvalue weighted by Crippen LogP contribution is -2.30. The molecule has 3 heteroatoms. The Bertz CT molecular complexity index is 336. The number of nitrogens with zero attached hydrogens (tertiary/aromatic N) is 1. The molecule has 16 heavy (non-hydrogen) atoms. The molecule has 2 nitrogen and oxygen atoms in total. The van der Waals surface area contributed by atoms with Crippen LogP contribution in [-0.2, 0) is 6.54 Å². The van der Waals surface area contributed by atoms with Gasteiger partial charge < -0.3 is 10.2 Å². The minimum Gasteiger partial charge on any atom is -0.311 e. The molecule has 0 spiro atoms. The smallest absolute Gasteiger partial charge is 0.0220 e. The Balaban J connectivity index is 1.66. The highest BCUT2D eigenvalue weighted by molar-refractivity contribution is 9.10. The van der Waals surface area contributed by atoms with Crippen molar-refractivity contribution in [1.29, 1.82) is 0 Å². The lowest BCUT2D eigenvalue weighted by Gasteiger charge is -2.15. The first-order valence-corrected chi connectivity index (χ1v) is 6.71. The van der Waals surface area contributed by atoms with Gasteiger partial charge in [0.2, 0.25) is 0 Å². The number of nitrogens with one attached hydrogen (secondary N) is 1. The van der Waals surface area contributed by atoms with E-state index in [-0.39, 0.29) is 0 Å². The molecule has 0 heterocycles. The number of halogens is 1. The molecule has 0 atom stereocenters. The summed E-state index contributed by atoms with van der Waals surface area (Å²) in [7, 11) is 2.22. The van der Waals surface area contributed by atoms with Crippen molar-refractivity contribution >= 4 is 15.9 Å². The summed E-state index contributed by atoms with van der Waals surface area (Å²) in [6.07, 6.45) is 2.78. The normalized spacial score (nSPS) is 15.7. The topological polar surface area (TPSA) is 15.3 Å². The largest absolute Gasteiger partial charge is 0.311 e. The second-order valence-corrected chi connectivity index (χ2v) is 5.33. The van der Waals surface area contributed by atoms with E-state index < -0.39 is 0 Å². The van der Waals surface area contributed by atoms with E-state index in [0.29, 0.717) is 0 Å². The number of hydrogen-bond acceptors (Lipinski definition) is 2. The van der Waals surface area contributed by atoms with Gasteiger partial charge in [-0.2, -0.15) is 0 Å². The molecule has 0 radical (unpaired) electrons. The summed E-state index contributed by atoms with van der Waals surface area (Å²) in [6.45, 7) is 3.16. The fourth-order valence-corrected chi connectivity index (χ4v) is 2.24. The summed E-state index contributed by atoms with van der Waals surface area (Å²) in [5, 5.41) is 3.48. The Hall–Kier alpha value is -0.380. The van der Waals surface area contributed by atoms with E-state index in [9.17, 15) is 0 Å². The molecule has 1 aromatic rings. The Kier molecular flexibility index (Phi) is 4.38. The maximum absolute atomic E-state index is 3.56. The highest BCUT2D eigenvalue weighted by Crippen LogP contribution is 2.24. The number of likely N-dealkylation sites (N-methyl/N-ethyl adjacent to an activating group) is 1. The molecule has 0 saturated heterocycles. The molecule has 1 N–H and O–H groups in total. The van der Waals surface area contributed by atoms with Gasteiger partial charge in [0.25, 0.3) is 0 Å². The molecular weight excluding hydrogens is 264 g/mol. The van der Waals surface area contributed by atoms with Crippen molar-refractivity contribution in [2.45, 2.75) is 25.4 Å². The minimum absolute atomic E-state index is 0.866. The maximum atomic E-state index is 3.56. The van der Waals surface area contributed by atoms with Gasteiger partial charge in [-0.3, -0.25) is 0 Å². The molecule has 2 rings (SSSR count). The fourth-order valence-electron chi connectivity index (χ4n) is 1.82. The Labute approximate surface area is 106 Å². The zero-order valence-corrected chi connectivity index (χ0v) is 11.3. The molecule has 88 valence electrons. The standard InChI is InChI=1S/C13H19BrN2/c1-16(12-6-7-12)9-8-15-10-11-4-2-3-5-13(11)14/h2-5,12,15H,6-10H2,1H3. The predicted molar refractivity (Wildman–Crippen MR) is 71.5 cm³/mol. The van der Waals surface area contributed by atoms with E-state index in [1.807, 2.05) is 0 Å². The SMILES string of the molecule is CN(CCNCc1ccccc1Br)C1CC1. The van der Waals surface area contributed by atoms with Gasteiger partial charge in [-0.1, -0.05) is 34.1 Å². The van der Waals surface area contributed by atoms with Crippen molar-refractivity contribution in [3.05, 3.63) is 34.3 Å². The molecule has 1 aliphatic carbocycles. The van der Waals surface area contributed by atoms with Crippen LogP contribution in [0.15, 0.2) is 28.7 Å². The summed E-state index contributed by atoms with van der Waals surface area (Å²) >= 11 is 3.56. The number of hydrogen-bond donors (Lipinski definition) is 1. The first kappa shape index (κ1) is 12.1. The molecule has 0 aromatic heterocycles. The third-order valence-electron chi connectivity index (χ3n) is 3.08. The molecule has 0 amide bonds. The highest BCUT2D eigenvalue weighted by Gasteiger charge is 2.25. The Morgan fingerprint density at radius 1 is 1.38 bits per heavy atom. The number of benzene rings is 1. The summed E-state index contributed by atoms with van der Waals surface area (Å²) < 4.78 is 1.19. The average molecular weight is 283 g/mol. The van der Waals surface area contributed by atoms with Crippen LogP contribution in [0.5, 0.6) is 0 Å². The second-order valence-electron chi connectivity index (χ2n) is 4.48. The molecule has 0 aliphatic heterocycles. The van der Waals surface area contributed by atoms with E-state index in [1.165, 1.54) is 22.9 Å². The molecular formula is C13H19BrN2. The molecule has 1 aromatic carbocycles. The molecule has 0 unspecified atom stereocenters. The quantitative estimate of drug-likeness (QED) is 0.807. The van der Waals surface area contributed by atoms with Crippen molar-refractivity contribution in [2.75, 3.05) is 20.1 Å². The van der Waals surface area contributed by atoms with E-state index in [4.69, 9.17) is 0 Å². The first-order valence-electron chi connectivity index (χ1n) is 5.92. The van der Waals surface area contributed by atoms with E-state index in [1.54, 1.807) is 0 Å². The van der Waals surface area contributed by atoms with Crippen LogP contribution in [0, 0.1) is 0 Å². The van der Waals surface area contributed by atoms with Gasteiger partial charge in [-0.05, 0) is 31.5 Å². The summed E-state index contributed by atoms with van der Waals surface area (Å²) in [5.74, 6) is 0. The van der Waals surface area contributed by atoms with Crippen LogP contribution in [0.1, 0.15) is 18.4 Å².